The van der Waals surface area contributed by atoms with Crippen LogP contribution in [0, 0.1) is 6.92 Å². The van der Waals surface area contributed by atoms with E-state index in [1.54, 1.807) is 6.07 Å². The number of rotatable bonds is 8. The summed E-state index contributed by atoms with van der Waals surface area (Å²) in [5.74, 6) is -2.41. The van der Waals surface area contributed by atoms with Gasteiger partial charge in [0.1, 0.15) is 18.5 Å². The molecule has 5 atom stereocenters. The van der Waals surface area contributed by atoms with Gasteiger partial charge in [0.15, 0.2) is 12.2 Å². The molecule has 0 spiro atoms. The topological polar surface area (TPSA) is 142 Å². The summed E-state index contributed by atoms with van der Waals surface area (Å²) in [5, 5.41) is 0. The van der Waals surface area contributed by atoms with Gasteiger partial charge in [-0.1, -0.05) is 12.1 Å². The Morgan fingerprint density at radius 3 is 2.07 bits per heavy atom. The number of hydrogen-bond donors (Lipinski definition) is 0. The molecule has 0 aromatic heterocycles. The van der Waals surface area contributed by atoms with E-state index in [1.807, 2.05) is 46.8 Å². The van der Waals surface area contributed by atoms with Gasteiger partial charge in [0.05, 0.1) is 17.7 Å². The minimum Gasteiger partial charge on any atom is -0.463 e. The van der Waals surface area contributed by atoms with Gasteiger partial charge in [-0.2, -0.15) is 0 Å². The Kier molecular flexibility index (Phi) is 10.0. The van der Waals surface area contributed by atoms with Gasteiger partial charge in [0.25, 0.3) is 0 Å². The maximum atomic E-state index is 12.3. The van der Waals surface area contributed by atoms with Crippen LogP contribution >= 0.6 is 0 Å². The van der Waals surface area contributed by atoms with E-state index in [0.29, 0.717) is 17.8 Å². The normalized spacial score (nSPS) is 28.3. The lowest BCUT2D eigenvalue weighted by Gasteiger charge is -2.49. The molecule has 1 aromatic carbocycles. The first-order chi connectivity index (χ1) is 19.4. The summed E-state index contributed by atoms with van der Waals surface area (Å²) in [6.07, 6.45) is -5.18. The summed E-state index contributed by atoms with van der Waals surface area (Å²) in [4.78, 5) is 48.1. The number of hydrogen-bond acceptors (Lipinski definition) is 12. The molecule has 42 heavy (non-hydrogen) atoms. The van der Waals surface area contributed by atoms with E-state index in [-0.39, 0.29) is 13.5 Å². The zero-order chi connectivity index (χ0) is 31.6. The van der Waals surface area contributed by atoms with Crippen LogP contribution < -0.4 is 10.2 Å². The van der Waals surface area contributed by atoms with Gasteiger partial charge in [-0.25, -0.2) is 0 Å². The van der Waals surface area contributed by atoms with Crippen LogP contribution in [0.3, 0.4) is 0 Å². The highest BCUT2D eigenvalue weighted by molar-refractivity contribution is 6.67. The quantitative estimate of drug-likeness (QED) is 0.248. The third-order valence-corrected chi connectivity index (χ3v) is 7.69. The van der Waals surface area contributed by atoms with Crippen molar-refractivity contribution in [2.75, 3.05) is 13.1 Å². The standard InChI is InChI=1S/C29H41BO12/c1-16-13-21(30-15-36-27(6,7)28(8,9)42-30)11-12-22(16)39-26-29(10,41-20(5)34)25(38-19(4)33)24(37-18(3)32)23(40-26)14-35-17(2)31/h11-13,23-26H,14-15H2,1-10H3/t23-,24-,25+,26+,29+/m1/s1. The van der Waals surface area contributed by atoms with Gasteiger partial charge in [0, 0.05) is 27.7 Å². The van der Waals surface area contributed by atoms with Crippen LogP contribution in [0.25, 0.3) is 0 Å². The number of aryl methyl sites for hydroxylation is 1. The van der Waals surface area contributed by atoms with Crippen molar-refractivity contribution in [3.8, 4) is 5.75 Å². The van der Waals surface area contributed by atoms with Gasteiger partial charge in [0.2, 0.25) is 11.9 Å². The summed E-state index contributed by atoms with van der Waals surface area (Å²) in [7, 11) is 0. The molecule has 12 nitrogen and oxygen atoms in total. The molecule has 0 unspecified atom stereocenters. The largest absolute Gasteiger partial charge is 0.463 e. The Labute approximate surface area is 246 Å². The fraction of sp³-hybridized carbons (Fsp3) is 0.655. The predicted octanol–water partition coefficient (Wildman–Crippen LogP) is 2.19. The van der Waals surface area contributed by atoms with E-state index in [2.05, 4.69) is 0 Å². The first kappa shape index (κ1) is 33.3. The molecule has 2 heterocycles. The van der Waals surface area contributed by atoms with Crippen molar-refractivity contribution in [1.29, 1.82) is 0 Å². The van der Waals surface area contributed by atoms with E-state index < -0.39 is 65.3 Å². The molecule has 0 amide bonds. The van der Waals surface area contributed by atoms with E-state index in [0.717, 1.165) is 19.3 Å². The van der Waals surface area contributed by atoms with Crippen LogP contribution in [0.4, 0.5) is 0 Å². The highest BCUT2D eigenvalue weighted by atomic mass is 16.7. The first-order valence-electron chi connectivity index (χ1n) is 13.8. The lowest BCUT2D eigenvalue weighted by molar-refractivity contribution is -0.321. The molecule has 2 fully saturated rings. The lowest BCUT2D eigenvalue weighted by Crippen LogP contribution is -2.70. The van der Waals surface area contributed by atoms with Gasteiger partial charge >= 0.3 is 30.8 Å². The number of carbonyl (C=O) groups excluding carboxylic acids is 4. The Bertz CT molecular complexity index is 1200. The van der Waals surface area contributed by atoms with E-state index in [9.17, 15) is 19.2 Å². The minimum atomic E-state index is -1.79. The van der Waals surface area contributed by atoms with Crippen molar-refractivity contribution in [3.05, 3.63) is 23.8 Å². The Morgan fingerprint density at radius 2 is 1.55 bits per heavy atom. The van der Waals surface area contributed by atoms with Gasteiger partial charge < -0.3 is 37.8 Å². The Morgan fingerprint density at radius 1 is 0.905 bits per heavy atom. The van der Waals surface area contributed by atoms with Crippen molar-refractivity contribution in [2.24, 2.45) is 0 Å². The average Bonchev–Trinajstić information content (AvgIpc) is 2.84. The van der Waals surface area contributed by atoms with Crippen molar-refractivity contribution in [3.63, 3.8) is 0 Å². The molecule has 232 valence electrons. The van der Waals surface area contributed by atoms with Crippen molar-refractivity contribution in [2.45, 2.75) is 111 Å². The smallest absolute Gasteiger partial charge is 0.354 e. The van der Waals surface area contributed by atoms with Crippen LogP contribution in [0.2, 0.25) is 0 Å². The van der Waals surface area contributed by atoms with Crippen molar-refractivity contribution >= 4 is 36.3 Å². The van der Waals surface area contributed by atoms with E-state index >= 15 is 0 Å². The van der Waals surface area contributed by atoms with Crippen LogP contribution in [0.1, 0.15) is 67.9 Å². The van der Waals surface area contributed by atoms with E-state index in [1.165, 1.54) is 20.8 Å². The molecule has 2 saturated heterocycles. The predicted molar refractivity (Wildman–Crippen MR) is 149 cm³/mol. The third kappa shape index (κ3) is 7.43. The van der Waals surface area contributed by atoms with Crippen LogP contribution in [-0.2, 0) is 52.3 Å². The SMILES string of the molecule is CC(=O)OC[C@H]1O[C@H](Oc2ccc(B3COC(C)(C)C(C)(C)O3)cc2C)[C@@](C)(OC(C)=O)[C@@H](OC(C)=O)[C@@H]1OC(C)=O. The number of benzene rings is 1. The maximum Gasteiger partial charge on any atom is 0.354 e. The molecule has 0 aliphatic carbocycles. The molecule has 0 radical (unpaired) electrons. The highest BCUT2D eigenvalue weighted by Crippen LogP contribution is 2.39. The number of esters is 4. The summed E-state index contributed by atoms with van der Waals surface area (Å²) >= 11 is 0. The van der Waals surface area contributed by atoms with Crippen LogP contribution in [-0.4, -0.2) is 85.3 Å². The molecule has 13 heteroatoms. The minimum absolute atomic E-state index is 0.316. The monoisotopic (exact) mass is 592 g/mol. The second-order valence-corrected chi connectivity index (χ2v) is 11.8. The zero-order valence-corrected chi connectivity index (χ0v) is 25.9. The third-order valence-electron chi connectivity index (χ3n) is 7.69. The highest BCUT2D eigenvalue weighted by Gasteiger charge is 2.61. The summed E-state index contributed by atoms with van der Waals surface area (Å²) in [6.45, 7) is 15.6. The van der Waals surface area contributed by atoms with Gasteiger partial charge in [-0.15, -0.1) is 0 Å². The second kappa shape index (κ2) is 12.6. The van der Waals surface area contributed by atoms with E-state index in [4.69, 9.17) is 37.8 Å². The van der Waals surface area contributed by atoms with Crippen molar-refractivity contribution < 1.29 is 57.0 Å². The fourth-order valence-corrected chi connectivity index (χ4v) is 4.89. The van der Waals surface area contributed by atoms with Gasteiger partial charge in [-0.3, -0.25) is 19.2 Å². The number of ether oxygens (including phenoxy) is 7. The molecule has 3 rings (SSSR count). The Hall–Kier alpha value is -3.16. The molecular formula is C29H41BO12. The maximum absolute atomic E-state index is 12.3. The second-order valence-electron chi connectivity index (χ2n) is 11.8. The van der Waals surface area contributed by atoms with Gasteiger partial charge in [-0.05, 0) is 58.6 Å². The summed E-state index contributed by atoms with van der Waals surface area (Å²) in [5.41, 5.74) is -1.22. The number of carbonyl (C=O) groups is 4. The fourth-order valence-electron chi connectivity index (χ4n) is 4.89. The molecule has 0 bridgehead atoms. The summed E-state index contributed by atoms with van der Waals surface area (Å²) < 4.78 is 46.7. The van der Waals surface area contributed by atoms with Crippen molar-refractivity contribution in [1.82, 2.24) is 0 Å². The Balaban J connectivity index is 1.99. The first-order valence-corrected chi connectivity index (χ1v) is 13.8. The zero-order valence-electron chi connectivity index (χ0n) is 25.9. The molecular weight excluding hydrogens is 551 g/mol. The van der Waals surface area contributed by atoms with Crippen LogP contribution in [0.5, 0.6) is 5.75 Å². The molecule has 0 saturated carbocycles. The lowest BCUT2D eigenvalue weighted by atomic mass is 9.59. The molecule has 2 aliphatic rings. The average molecular weight is 592 g/mol. The van der Waals surface area contributed by atoms with Crippen LogP contribution in [0.15, 0.2) is 18.2 Å². The molecule has 0 N–H and O–H groups in total. The molecule has 2 aliphatic heterocycles. The molecule has 1 aromatic rings. The summed E-state index contributed by atoms with van der Waals surface area (Å²) in [6, 6.07) is 5.45.